The van der Waals surface area contributed by atoms with Crippen LogP contribution in [-0.4, -0.2) is 32.9 Å². The van der Waals surface area contributed by atoms with Gasteiger partial charge in [0.2, 0.25) is 0 Å². The molecule has 7 heteroatoms. The molecule has 0 aromatic heterocycles. The van der Waals surface area contributed by atoms with Crippen molar-refractivity contribution < 1.29 is 13.9 Å². The number of alkyl halides is 1. The third-order valence-corrected chi connectivity index (χ3v) is 4.46. The van der Waals surface area contributed by atoms with E-state index in [1.165, 1.54) is 0 Å². The molecule has 0 amide bonds. The van der Waals surface area contributed by atoms with Crippen LogP contribution in [0, 0.1) is 5.41 Å². The lowest BCUT2D eigenvalue weighted by Crippen LogP contribution is -2.33. The van der Waals surface area contributed by atoms with Crippen molar-refractivity contribution in [2.75, 3.05) is 6.61 Å². The lowest BCUT2D eigenvalue weighted by molar-refractivity contribution is -0.0153. The Morgan fingerprint density at radius 1 is 0.962 bits per heavy atom. The predicted molar refractivity (Wildman–Crippen MR) is 107 cm³/mol. The number of halogens is 3. The molecule has 0 spiro atoms. The van der Waals surface area contributed by atoms with Gasteiger partial charge in [0.1, 0.15) is 7.85 Å². The molecule has 0 heterocycles. The maximum absolute atomic E-state index is 14.1. The van der Waals surface area contributed by atoms with Crippen molar-refractivity contribution in [3.8, 4) is 0 Å². The van der Waals surface area contributed by atoms with Crippen LogP contribution < -0.4 is 0 Å². The topological polar surface area (TPSA) is 42.3 Å². The minimum absolute atomic E-state index is 0.216. The molecule has 3 atom stereocenters. The van der Waals surface area contributed by atoms with E-state index in [-0.39, 0.29) is 12.4 Å². The summed E-state index contributed by atoms with van der Waals surface area (Å²) in [6, 6.07) is 14.6. The fourth-order valence-electron chi connectivity index (χ4n) is 2.48. The highest BCUT2D eigenvalue weighted by atomic mass is 35.5. The van der Waals surface area contributed by atoms with Gasteiger partial charge in [-0.1, -0.05) is 47.5 Å². The molecule has 0 saturated heterocycles. The van der Waals surface area contributed by atoms with E-state index in [0.717, 1.165) is 17.3 Å². The van der Waals surface area contributed by atoms with Gasteiger partial charge in [-0.05, 0) is 41.2 Å². The molecular formula is C19H21BCl2FNO2. The largest absolute Gasteiger partial charge is 0.377 e. The standard InChI is InChI=1S/C19H21BCl2FNO2/c20-17(12-25-10-13-1-5-15(21)6-2-13)19(18(23)9-24)26-11-14-3-7-16(22)8-4-14/h1-9,17-19,24H,10-12,20H2/t17-,18+,19+/m0/s1. The van der Waals surface area contributed by atoms with E-state index in [0.29, 0.717) is 23.3 Å². The molecule has 138 valence electrons. The van der Waals surface area contributed by atoms with Gasteiger partial charge in [-0.2, -0.15) is 0 Å². The molecule has 3 nitrogen and oxygen atoms in total. The third-order valence-electron chi connectivity index (χ3n) is 3.95. The first-order valence-electron chi connectivity index (χ1n) is 8.32. The number of rotatable bonds is 10. The molecule has 0 aliphatic carbocycles. The average molecular weight is 396 g/mol. The first-order chi connectivity index (χ1) is 12.5. The summed E-state index contributed by atoms with van der Waals surface area (Å²) in [4.78, 5) is 0. The summed E-state index contributed by atoms with van der Waals surface area (Å²) in [5.74, 6) is -0.216. The van der Waals surface area contributed by atoms with E-state index in [4.69, 9.17) is 38.1 Å². The molecule has 1 N–H and O–H groups in total. The smallest absolute Gasteiger partial charge is 0.160 e. The van der Waals surface area contributed by atoms with Crippen LogP contribution in [-0.2, 0) is 22.7 Å². The minimum atomic E-state index is -1.49. The van der Waals surface area contributed by atoms with Crippen LogP contribution in [0.15, 0.2) is 48.5 Å². The zero-order chi connectivity index (χ0) is 18.9. The Hall–Kier alpha value is -1.40. The highest BCUT2D eigenvalue weighted by Gasteiger charge is 2.26. The van der Waals surface area contributed by atoms with Crippen LogP contribution in [0.3, 0.4) is 0 Å². The van der Waals surface area contributed by atoms with E-state index in [2.05, 4.69) is 0 Å². The molecule has 0 aliphatic heterocycles. The summed E-state index contributed by atoms with van der Waals surface area (Å²) in [7, 11) is 1.85. The van der Waals surface area contributed by atoms with Crippen molar-refractivity contribution in [3.63, 3.8) is 0 Å². The summed E-state index contributed by atoms with van der Waals surface area (Å²) in [5.41, 5.74) is 1.88. The number of ether oxygens (including phenoxy) is 2. The van der Waals surface area contributed by atoms with Crippen LogP contribution in [0.4, 0.5) is 4.39 Å². The summed E-state index contributed by atoms with van der Waals surface area (Å²) >= 11 is 11.7. The van der Waals surface area contributed by atoms with Crippen LogP contribution in [0.2, 0.25) is 15.9 Å². The van der Waals surface area contributed by atoms with Crippen LogP contribution >= 0.6 is 23.2 Å². The molecule has 2 rings (SSSR count). The number of hydrogen-bond acceptors (Lipinski definition) is 3. The molecule has 2 aromatic rings. The highest BCUT2D eigenvalue weighted by Crippen LogP contribution is 2.20. The molecule has 2 aromatic carbocycles. The van der Waals surface area contributed by atoms with Crippen LogP contribution in [0.25, 0.3) is 0 Å². The van der Waals surface area contributed by atoms with Crippen molar-refractivity contribution in [2.24, 2.45) is 0 Å². The Morgan fingerprint density at radius 2 is 1.46 bits per heavy atom. The average Bonchev–Trinajstić information content (AvgIpc) is 2.64. The Labute approximate surface area is 164 Å². The Bertz CT molecular complexity index is 685. The van der Waals surface area contributed by atoms with Crippen molar-refractivity contribution in [1.29, 1.82) is 5.41 Å². The van der Waals surface area contributed by atoms with Gasteiger partial charge in [-0.3, -0.25) is 0 Å². The SMILES string of the molecule is B[C@@H](COCc1ccc(Cl)cc1)[C@@H](OCc1ccc(Cl)cc1)[C@H](F)C=N. The van der Waals surface area contributed by atoms with Gasteiger partial charge >= 0.3 is 0 Å². The lowest BCUT2D eigenvalue weighted by Gasteiger charge is -2.25. The van der Waals surface area contributed by atoms with Gasteiger partial charge in [-0.25, -0.2) is 4.39 Å². The second kappa shape index (κ2) is 10.7. The summed E-state index contributed by atoms with van der Waals surface area (Å²) in [6.07, 6.45) is -1.48. The number of benzene rings is 2. The molecule has 0 unspecified atom stereocenters. The molecule has 0 radical (unpaired) electrons. The summed E-state index contributed by atoms with van der Waals surface area (Å²) in [5, 5.41) is 8.53. The van der Waals surface area contributed by atoms with Crippen molar-refractivity contribution in [1.82, 2.24) is 0 Å². The Morgan fingerprint density at radius 3 is 1.96 bits per heavy atom. The molecule has 0 saturated carbocycles. The fraction of sp³-hybridized carbons (Fsp3) is 0.316. The molecular weight excluding hydrogens is 375 g/mol. The normalized spacial score (nSPS) is 14.6. The highest BCUT2D eigenvalue weighted by molar-refractivity contribution is 6.30. The third kappa shape index (κ3) is 6.73. The maximum Gasteiger partial charge on any atom is 0.160 e. The minimum Gasteiger partial charge on any atom is -0.377 e. The van der Waals surface area contributed by atoms with Gasteiger partial charge < -0.3 is 14.9 Å². The Balaban J connectivity index is 1.86. The second-order valence-corrected chi connectivity index (χ2v) is 7.00. The van der Waals surface area contributed by atoms with Gasteiger partial charge in [0.15, 0.2) is 6.17 Å². The number of hydrogen-bond donors (Lipinski definition) is 1. The van der Waals surface area contributed by atoms with Crippen molar-refractivity contribution >= 4 is 37.3 Å². The molecule has 0 bridgehead atoms. The van der Waals surface area contributed by atoms with Crippen LogP contribution in [0.5, 0.6) is 0 Å². The Kier molecular flexibility index (Phi) is 8.59. The predicted octanol–water partition coefficient (Wildman–Crippen LogP) is 4.50. The van der Waals surface area contributed by atoms with E-state index >= 15 is 0 Å². The van der Waals surface area contributed by atoms with Crippen molar-refractivity contribution in [3.05, 3.63) is 69.7 Å². The molecule has 0 fully saturated rings. The zero-order valence-corrected chi connectivity index (χ0v) is 16.0. The monoisotopic (exact) mass is 395 g/mol. The van der Waals surface area contributed by atoms with Gasteiger partial charge in [0.05, 0.1) is 19.3 Å². The van der Waals surface area contributed by atoms with Gasteiger partial charge in [-0.15, -0.1) is 0 Å². The van der Waals surface area contributed by atoms with E-state index < -0.39 is 12.3 Å². The lowest BCUT2D eigenvalue weighted by atomic mass is 9.81. The van der Waals surface area contributed by atoms with E-state index in [9.17, 15) is 4.39 Å². The summed E-state index contributed by atoms with van der Waals surface area (Å²) in [6.45, 7) is 0.979. The maximum atomic E-state index is 14.1. The van der Waals surface area contributed by atoms with Gasteiger partial charge in [0.25, 0.3) is 0 Å². The van der Waals surface area contributed by atoms with E-state index in [1.807, 2.05) is 32.1 Å². The fourth-order valence-corrected chi connectivity index (χ4v) is 2.73. The van der Waals surface area contributed by atoms with Crippen LogP contribution in [0.1, 0.15) is 11.1 Å². The van der Waals surface area contributed by atoms with E-state index in [1.54, 1.807) is 24.3 Å². The first kappa shape index (κ1) is 20.9. The van der Waals surface area contributed by atoms with Crippen molar-refractivity contribution in [2.45, 2.75) is 31.3 Å². The number of nitrogens with one attached hydrogen (secondary N) is 1. The zero-order valence-electron chi connectivity index (χ0n) is 14.5. The first-order valence-corrected chi connectivity index (χ1v) is 9.08. The second-order valence-electron chi connectivity index (χ2n) is 6.13. The summed E-state index contributed by atoms with van der Waals surface area (Å²) < 4.78 is 25.6. The quantitative estimate of drug-likeness (QED) is 0.475. The molecule has 0 aliphatic rings. The molecule has 26 heavy (non-hydrogen) atoms. The van der Waals surface area contributed by atoms with Gasteiger partial charge in [0, 0.05) is 22.9 Å².